The van der Waals surface area contributed by atoms with E-state index in [1.807, 2.05) is 36.4 Å². The zero-order valence-electron chi connectivity index (χ0n) is 17.1. The molecule has 0 aliphatic carbocycles. The maximum atomic E-state index is 12.8. The minimum Gasteiger partial charge on any atom is -0.496 e. The van der Waals surface area contributed by atoms with Crippen molar-refractivity contribution in [3.63, 3.8) is 0 Å². The molecule has 156 valence electrons. The van der Waals surface area contributed by atoms with Crippen LogP contribution in [0.25, 0.3) is 0 Å². The van der Waals surface area contributed by atoms with Crippen molar-refractivity contribution in [3.05, 3.63) is 59.7 Å². The number of carbonyl (C=O) groups excluding carboxylic acids is 1. The molecule has 0 aromatic heterocycles. The van der Waals surface area contributed by atoms with Gasteiger partial charge < -0.3 is 15.0 Å². The van der Waals surface area contributed by atoms with E-state index in [0.29, 0.717) is 6.42 Å². The summed E-state index contributed by atoms with van der Waals surface area (Å²) in [5, 5.41) is 3.25. The van der Waals surface area contributed by atoms with Crippen LogP contribution in [0.4, 0.5) is 5.69 Å². The first-order valence-corrected chi connectivity index (χ1v) is 11.6. The van der Waals surface area contributed by atoms with Crippen LogP contribution in [0.2, 0.25) is 0 Å². The lowest BCUT2D eigenvalue weighted by Crippen LogP contribution is -2.45. The lowest BCUT2D eigenvalue weighted by molar-refractivity contribution is -0.132. The highest BCUT2D eigenvalue weighted by atomic mass is 32.2. The van der Waals surface area contributed by atoms with Gasteiger partial charge in [-0.15, -0.1) is 0 Å². The molecule has 0 spiro atoms. The lowest BCUT2D eigenvalue weighted by atomic mass is 10.0. The van der Waals surface area contributed by atoms with Gasteiger partial charge in [0.1, 0.15) is 11.8 Å². The van der Waals surface area contributed by atoms with E-state index in [4.69, 9.17) is 4.74 Å². The van der Waals surface area contributed by atoms with Gasteiger partial charge >= 0.3 is 0 Å². The van der Waals surface area contributed by atoms with Gasteiger partial charge in [-0.05, 0) is 37.1 Å². The standard InChI is InChI=1S/C22H28N2O4S/c1-16(22(25)24(2)20-11-12-29(26,27)15-20)23-19-9-10-21(28-3)18(14-19)13-17-7-5-4-6-8-17/h4-10,14,16,20,23H,11-13,15H2,1-3H3/t16-,20-/m1/s1. The largest absolute Gasteiger partial charge is 0.496 e. The highest BCUT2D eigenvalue weighted by molar-refractivity contribution is 7.91. The van der Waals surface area contributed by atoms with Crippen molar-refractivity contribution in [2.75, 3.05) is 31.0 Å². The smallest absolute Gasteiger partial charge is 0.244 e. The fourth-order valence-corrected chi connectivity index (χ4v) is 5.47. The summed E-state index contributed by atoms with van der Waals surface area (Å²) >= 11 is 0. The van der Waals surface area contributed by atoms with Crippen LogP contribution >= 0.6 is 0 Å². The minimum absolute atomic E-state index is 0.0473. The van der Waals surface area contributed by atoms with Crippen LogP contribution in [0.15, 0.2) is 48.5 Å². The van der Waals surface area contributed by atoms with Gasteiger partial charge in [0.25, 0.3) is 0 Å². The van der Waals surface area contributed by atoms with E-state index in [9.17, 15) is 13.2 Å². The first-order valence-electron chi connectivity index (χ1n) is 9.73. The van der Waals surface area contributed by atoms with Crippen molar-refractivity contribution in [2.24, 2.45) is 0 Å². The third-order valence-corrected chi connectivity index (χ3v) is 7.13. The van der Waals surface area contributed by atoms with E-state index in [2.05, 4.69) is 17.4 Å². The van der Waals surface area contributed by atoms with Crippen molar-refractivity contribution >= 4 is 21.4 Å². The average molecular weight is 417 g/mol. The van der Waals surface area contributed by atoms with Crippen molar-refractivity contribution in [3.8, 4) is 5.75 Å². The molecular weight excluding hydrogens is 388 g/mol. The number of nitrogens with zero attached hydrogens (tertiary/aromatic N) is 1. The quantitative estimate of drug-likeness (QED) is 0.751. The number of ether oxygens (including phenoxy) is 1. The molecule has 1 N–H and O–H groups in total. The Morgan fingerprint density at radius 2 is 1.97 bits per heavy atom. The van der Waals surface area contributed by atoms with Crippen molar-refractivity contribution < 1.29 is 17.9 Å². The van der Waals surface area contributed by atoms with Crippen LogP contribution in [-0.4, -0.2) is 57.0 Å². The lowest BCUT2D eigenvalue weighted by Gasteiger charge is -2.27. The fraction of sp³-hybridized carbons (Fsp3) is 0.409. The SMILES string of the molecule is COc1ccc(N[C@H](C)C(=O)N(C)[C@@H]2CCS(=O)(=O)C2)cc1Cc1ccccc1. The molecule has 1 saturated heterocycles. The van der Waals surface area contributed by atoms with E-state index < -0.39 is 15.9 Å². The average Bonchev–Trinajstić information content (AvgIpc) is 3.07. The summed E-state index contributed by atoms with van der Waals surface area (Å²) in [5.41, 5.74) is 3.03. The van der Waals surface area contributed by atoms with E-state index in [0.717, 1.165) is 23.4 Å². The molecule has 2 aromatic carbocycles. The number of anilines is 1. The number of likely N-dealkylation sites (N-methyl/N-ethyl adjacent to an activating group) is 1. The van der Waals surface area contributed by atoms with E-state index in [-0.39, 0.29) is 23.5 Å². The van der Waals surface area contributed by atoms with Gasteiger partial charge in [-0.3, -0.25) is 4.79 Å². The Hall–Kier alpha value is -2.54. The Morgan fingerprint density at radius 1 is 1.24 bits per heavy atom. The maximum absolute atomic E-state index is 12.8. The fourth-order valence-electron chi connectivity index (χ4n) is 3.70. The molecule has 1 fully saturated rings. The number of sulfone groups is 1. The number of amides is 1. The summed E-state index contributed by atoms with van der Waals surface area (Å²) in [6.07, 6.45) is 1.22. The molecule has 3 rings (SSSR count). The summed E-state index contributed by atoms with van der Waals surface area (Å²) in [5.74, 6) is 0.878. The van der Waals surface area contributed by atoms with Crippen LogP contribution in [0.1, 0.15) is 24.5 Å². The monoisotopic (exact) mass is 416 g/mol. The van der Waals surface area contributed by atoms with Crippen LogP contribution in [0.5, 0.6) is 5.75 Å². The summed E-state index contributed by atoms with van der Waals surface area (Å²) in [6, 6.07) is 15.2. The highest BCUT2D eigenvalue weighted by Gasteiger charge is 2.34. The third kappa shape index (κ3) is 5.29. The van der Waals surface area contributed by atoms with Gasteiger partial charge in [0.2, 0.25) is 5.91 Å². The second kappa shape index (κ2) is 8.86. The Bertz CT molecular complexity index is 960. The number of rotatable bonds is 7. The van der Waals surface area contributed by atoms with Crippen LogP contribution < -0.4 is 10.1 Å². The second-order valence-corrected chi connectivity index (χ2v) is 9.79. The van der Waals surface area contributed by atoms with Crippen LogP contribution in [-0.2, 0) is 21.1 Å². The molecule has 2 aromatic rings. The molecule has 0 bridgehead atoms. The van der Waals surface area contributed by atoms with E-state index >= 15 is 0 Å². The van der Waals surface area contributed by atoms with E-state index in [1.165, 1.54) is 5.56 Å². The molecule has 6 nitrogen and oxygen atoms in total. The van der Waals surface area contributed by atoms with Gasteiger partial charge in [0.15, 0.2) is 9.84 Å². The summed E-state index contributed by atoms with van der Waals surface area (Å²) in [7, 11) is 0.298. The predicted octanol–water partition coefficient (Wildman–Crippen LogP) is 2.73. The number of hydrogen-bond donors (Lipinski definition) is 1. The molecule has 1 aliphatic rings. The molecule has 29 heavy (non-hydrogen) atoms. The van der Waals surface area contributed by atoms with Crippen LogP contribution in [0, 0.1) is 0 Å². The number of nitrogens with one attached hydrogen (secondary N) is 1. The molecule has 1 heterocycles. The zero-order valence-corrected chi connectivity index (χ0v) is 17.9. The van der Waals surface area contributed by atoms with Gasteiger partial charge in [0, 0.05) is 30.8 Å². The predicted molar refractivity (Wildman–Crippen MR) is 115 cm³/mol. The van der Waals surface area contributed by atoms with Crippen molar-refractivity contribution in [1.82, 2.24) is 4.90 Å². The molecule has 2 atom stereocenters. The number of methoxy groups -OCH3 is 1. The highest BCUT2D eigenvalue weighted by Crippen LogP contribution is 2.26. The van der Waals surface area contributed by atoms with Gasteiger partial charge in [0.05, 0.1) is 18.6 Å². The summed E-state index contributed by atoms with van der Waals surface area (Å²) in [4.78, 5) is 14.4. The molecule has 7 heteroatoms. The Labute approximate surface area is 172 Å². The molecule has 0 saturated carbocycles. The summed E-state index contributed by atoms with van der Waals surface area (Å²) < 4.78 is 28.9. The molecule has 1 aliphatic heterocycles. The minimum atomic E-state index is -3.03. The van der Waals surface area contributed by atoms with Gasteiger partial charge in [-0.1, -0.05) is 30.3 Å². The first-order chi connectivity index (χ1) is 13.8. The number of carbonyl (C=O) groups is 1. The molecule has 1 amide bonds. The Balaban J connectivity index is 1.70. The topological polar surface area (TPSA) is 75.7 Å². The molecule has 0 radical (unpaired) electrons. The summed E-state index contributed by atoms with van der Waals surface area (Å²) in [6.45, 7) is 1.80. The van der Waals surface area contributed by atoms with Gasteiger partial charge in [-0.2, -0.15) is 0 Å². The third-order valence-electron chi connectivity index (χ3n) is 5.38. The van der Waals surface area contributed by atoms with Crippen molar-refractivity contribution in [1.29, 1.82) is 0 Å². The second-order valence-electron chi connectivity index (χ2n) is 7.56. The Morgan fingerprint density at radius 3 is 2.59 bits per heavy atom. The van der Waals surface area contributed by atoms with Crippen molar-refractivity contribution in [2.45, 2.75) is 31.8 Å². The molecular formula is C22H28N2O4S. The normalized spacial score (nSPS) is 18.8. The maximum Gasteiger partial charge on any atom is 0.244 e. The van der Waals surface area contributed by atoms with Gasteiger partial charge in [-0.25, -0.2) is 8.42 Å². The first kappa shape index (κ1) is 21.2. The van der Waals surface area contributed by atoms with Crippen LogP contribution in [0.3, 0.4) is 0 Å². The Kier molecular flexibility index (Phi) is 6.47. The zero-order chi connectivity index (χ0) is 21.0. The van der Waals surface area contributed by atoms with E-state index in [1.54, 1.807) is 26.0 Å². The molecule has 0 unspecified atom stereocenters. The number of hydrogen-bond acceptors (Lipinski definition) is 5. The number of benzene rings is 2.